The zero-order chi connectivity index (χ0) is 31.2. The summed E-state index contributed by atoms with van der Waals surface area (Å²) in [5.41, 5.74) is 1.62. The van der Waals surface area contributed by atoms with Crippen LogP contribution in [-0.4, -0.2) is 85.0 Å². The molecule has 0 aliphatic heterocycles. The van der Waals surface area contributed by atoms with Crippen molar-refractivity contribution < 1.29 is 28.3 Å². The van der Waals surface area contributed by atoms with Crippen molar-refractivity contribution in [3.05, 3.63) is 70.3 Å². The van der Waals surface area contributed by atoms with Gasteiger partial charge in [-0.1, -0.05) is 13.8 Å². The number of carbonyl (C=O) groups excluding carboxylic acids is 3. The van der Waals surface area contributed by atoms with E-state index in [0.29, 0.717) is 31.5 Å². The number of nitrogens with zero attached hydrogens (tertiary/aromatic N) is 2. The summed E-state index contributed by atoms with van der Waals surface area (Å²) in [5, 5.41) is 16.6. The van der Waals surface area contributed by atoms with Crippen LogP contribution in [0.4, 0.5) is 8.78 Å². The highest BCUT2D eigenvalue weighted by Gasteiger charge is 2.24. The number of hydrogen-bond donors (Lipinski definition) is 3. The van der Waals surface area contributed by atoms with Gasteiger partial charge >= 0.3 is 0 Å². The molecule has 2 atom stereocenters. The minimum atomic E-state index is -1.13. The number of halogens is 2. The minimum absolute atomic E-state index is 0.0449. The van der Waals surface area contributed by atoms with E-state index in [4.69, 9.17) is 0 Å². The van der Waals surface area contributed by atoms with Crippen LogP contribution in [0.15, 0.2) is 36.4 Å². The van der Waals surface area contributed by atoms with E-state index in [1.807, 2.05) is 32.8 Å². The summed E-state index contributed by atoms with van der Waals surface area (Å²) in [5.74, 6) is -2.36. The average Bonchev–Trinajstić information content (AvgIpc) is 2.91. The van der Waals surface area contributed by atoms with Crippen LogP contribution in [0.2, 0.25) is 0 Å². The molecular weight excluding hydrogens is 542 g/mol. The maximum atomic E-state index is 13.9. The summed E-state index contributed by atoms with van der Waals surface area (Å²) < 4.78 is 27.8. The van der Waals surface area contributed by atoms with Crippen LogP contribution in [0.5, 0.6) is 0 Å². The molecule has 2 rings (SSSR count). The zero-order valence-corrected chi connectivity index (χ0v) is 25.5. The van der Waals surface area contributed by atoms with Crippen molar-refractivity contribution in [3.8, 4) is 0 Å². The lowest BCUT2D eigenvalue weighted by Crippen LogP contribution is -2.46. The van der Waals surface area contributed by atoms with Crippen molar-refractivity contribution in [2.75, 3.05) is 40.3 Å². The normalized spacial score (nSPS) is 12.6. The van der Waals surface area contributed by atoms with Crippen molar-refractivity contribution in [1.82, 2.24) is 20.4 Å². The highest BCUT2D eigenvalue weighted by atomic mass is 19.1. The highest BCUT2D eigenvalue weighted by molar-refractivity contribution is 6.00. The molecule has 0 spiro atoms. The summed E-state index contributed by atoms with van der Waals surface area (Å²) >= 11 is 0. The Hall–Kier alpha value is -3.37. The van der Waals surface area contributed by atoms with Gasteiger partial charge in [0, 0.05) is 43.2 Å². The number of benzene rings is 2. The first-order chi connectivity index (χ1) is 19.9. The highest BCUT2D eigenvalue weighted by Crippen LogP contribution is 2.16. The second-order valence-electron chi connectivity index (χ2n) is 11.1. The molecule has 0 unspecified atom stereocenters. The number of aliphatic hydroxyl groups is 1. The molecule has 8 nitrogen and oxygen atoms in total. The number of aliphatic hydroxyl groups excluding tert-OH is 1. The lowest BCUT2D eigenvalue weighted by Gasteiger charge is -2.25. The van der Waals surface area contributed by atoms with Crippen molar-refractivity contribution in [2.45, 2.75) is 71.4 Å². The molecule has 0 fully saturated rings. The monoisotopic (exact) mass is 588 g/mol. The molecule has 0 heterocycles. The van der Waals surface area contributed by atoms with E-state index in [-0.39, 0.29) is 42.3 Å². The number of amides is 3. The molecule has 0 bridgehead atoms. The van der Waals surface area contributed by atoms with Gasteiger partial charge in [-0.2, -0.15) is 0 Å². The Balaban J connectivity index is 2.21. The number of rotatable bonds is 17. The van der Waals surface area contributed by atoms with Gasteiger partial charge in [0.05, 0.1) is 12.1 Å². The van der Waals surface area contributed by atoms with Crippen LogP contribution in [0.25, 0.3) is 0 Å². The standard InChI is InChI=1S/C32H46F2N4O4/c1-6-12-38(13-7-2)32(42)25-16-22(3)15-24(20-25)31(41)36-28(19-23-17-26(33)21-27(34)18-23)29(39)10-11-35-30(40)9-8-14-37(4)5/h15-18,20-21,28-29,39H,6-14,19H2,1-5H3,(H,35,40)(H,36,41)/t28-,29+/m0/s1. The molecule has 2 aromatic carbocycles. The Bertz CT molecular complexity index is 1160. The average molecular weight is 589 g/mol. The van der Waals surface area contributed by atoms with Gasteiger partial charge in [0.15, 0.2) is 0 Å². The van der Waals surface area contributed by atoms with Gasteiger partial charge in [-0.05, 0) is 101 Å². The molecule has 3 N–H and O–H groups in total. The Morgan fingerprint density at radius 2 is 1.52 bits per heavy atom. The van der Waals surface area contributed by atoms with Crippen molar-refractivity contribution in [2.24, 2.45) is 0 Å². The Labute approximate surface area is 248 Å². The van der Waals surface area contributed by atoms with Crippen LogP contribution in [0.1, 0.15) is 77.8 Å². The van der Waals surface area contributed by atoms with E-state index in [1.54, 1.807) is 24.0 Å². The summed E-state index contributed by atoms with van der Waals surface area (Å²) in [6.07, 6.45) is 1.60. The van der Waals surface area contributed by atoms with E-state index in [2.05, 4.69) is 10.6 Å². The quantitative estimate of drug-likeness (QED) is 0.259. The van der Waals surface area contributed by atoms with Gasteiger partial charge in [0.25, 0.3) is 11.8 Å². The Morgan fingerprint density at radius 1 is 0.905 bits per heavy atom. The van der Waals surface area contributed by atoms with Crippen molar-refractivity contribution in [3.63, 3.8) is 0 Å². The molecule has 0 aliphatic rings. The molecule has 10 heteroatoms. The molecule has 0 aromatic heterocycles. The second kappa shape index (κ2) is 17.6. The molecule has 0 aliphatic carbocycles. The number of hydrogen-bond acceptors (Lipinski definition) is 5. The van der Waals surface area contributed by atoms with Crippen LogP contribution in [0.3, 0.4) is 0 Å². The van der Waals surface area contributed by atoms with Gasteiger partial charge in [0.2, 0.25) is 5.91 Å². The predicted molar refractivity (Wildman–Crippen MR) is 160 cm³/mol. The lowest BCUT2D eigenvalue weighted by molar-refractivity contribution is -0.121. The van der Waals surface area contributed by atoms with Crippen LogP contribution < -0.4 is 10.6 Å². The van der Waals surface area contributed by atoms with Gasteiger partial charge in [-0.25, -0.2) is 8.78 Å². The summed E-state index contributed by atoms with van der Waals surface area (Å²) in [6, 6.07) is 7.06. The third kappa shape index (κ3) is 11.9. The van der Waals surface area contributed by atoms with Gasteiger partial charge in [-0.3, -0.25) is 14.4 Å². The smallest absolute Gasteiger partial charge is 0.253 e. The molecule has 2 aromatic rings. The molecular formula is C32H46F2N4O4. The fraction of sp³-hybridized carbons (Fsp3) is 0.531. The fourth-order valence-corrected chi connectivity index (χ4v) is 4.80. The minimum Gasteiger partial charge on any atom is -0.391 e. The maximum Gasteiger partial charge on any atom is 0.253 e. The van der Waals surface area contributed by atoms with E-state index in [0.717, 1.165) is 43.1 Å². The molecule has 0 saturated heterocycles. The first kappa shape index (κ1) is 34.8. The molecule has 232 valence electrons. The summed E-state index contributed by atoms with van der Waals surface area (Å²) in [4.78, 5) is 42.5. The SMILES string of the molecule is CCCN(CCC)C(=O)c1cc(C)cc(C(=O)N[C@@H](Cc2cc(F)cc(F)c2)[C@H](O)CCNC(=O)CCCN(C)C)c1. The number of aryl methyl sites for hydroxylation is 1. The fourth-order valence-electron chi connectivity index (χ4n) is 4.80. The van der Waals surface area contributed by atoms with E-state index < -0.39 is 29.7 Å². The summed E-state index contributed by atoms with van der Waals surface area (Å²) in [6.45, 7) is 7.94. The van der Waals surface area contributed by atoms with E-state index in [1.165, 1.54) is 6.07 Å². The molecule has 0 radical (unpaired) electrons. The number of nitrogens with one attached hydrogen (secondary N) is 2. The van der Waals surface area contributed by atoms with Crippen LogP contribution in [0, 0.1) is 18.6 Å². The predicted octanol–water partition coefficient (Wildman–Crippen LogP) is 4.09. The van der Waals surface area contributed by atoms with E-state index in [9.17, 15) is 28.3 Å². The van der Waals surface area contributed by atoms with Gasteiger partial charge in [0.1, 0.15) is 11.6 Å². The Kier molecular flexibility index (Phi) is 14.6. The molecule has 0 saturated carbocycles. The van der Waals surface area contributed by atoms with Crippen LogP contribution in [-0.2, 0) is 11.2 Å². The third-order valence-corrected chi connectivity index (χ3v) is 6.79. The van der Waals surface area contributed by atoms with Crippen molar-refractivity contribution >= 4 is 17.7 Å². The van der Waals surface area contributed by atoms with Gasteiger partial charge < -0.3 is 25.5 Å². The summed E-state index contributed by atoms with van der Waals surface area (Å²) in [7, 11) is 3.85. The van der Waals surface area contributed by atoms with Crippen LogP contribution >= 0.6 is 0 Å². The molecule has 3 amide bonds. The Morgan fingerprint density at radius 3 is 2.12 bits per heavy atom. The van der Waals surface area contributed by atoms with Crippen molar-refractivity contribution in [1.29, 1.82) is 0 Å². The zero-order valence-electron chi connectivity index (χ0n) is 25.5. The second-order valence-corrected chi connectivity index (χ2v) is 11.1. The third-order valence-electron chi connectivity index (χ3n) is 6.79. The first-order valence-electron chi connectivity index (χ1n) is 14.7. The maximum absolute atomic E-state index is 13.9. The van der Waals surface area contributed by atoms with E-state index >= 15 is 0 Å². The topological polar surface area (TPSA) is 102 Å². The number of carbonyl (C=O) groups is 3. The van der Waals surface area contributed by atoms with Gasteiger partial charge in [-0.15, -0.1) is 0 Å². The largest absolute Gasteiger partial charge is 0.391 e. The molecule has 42 heavy (non-hydrogen) atoms. The first-order valence-corrected chi connectivity index (χ1v) is 14.7. The lowest BCUT2D eigenvalue weighted by atomic mass is 9.97.